The van der Waals surface area contributed by atoms with Crippen LogP contribution in [0.15, 0.2) is 54.6 Å². The lowest BCUT2D eigenvalue weighted by Crippen LogP contribution is -2.31. The van der Waals surface area contributed by atoms with E-state index in [4.69, 9.17) is 0 Å². The van der Waals surface area contributed by atoms with Crippen molar-refractivity contribution in [3.63, 3.8) is 0 Å². The number of hydrogen-bond donors (Lipinski definition) is 3. The summed E-state index contributed by atoms with van der Waals surface area (Å²) < 4.78 is 1.43. The average molecular weight is 433 g/mol. The number of phenolic OH excluding ortho intramolecular Hbond substituents is 1. The summed E-state index contributed by atoms with van der Waals surface area (Å²) >= 11 is 0. The zero-order chi connectivity index (χ0) is 22.7. The smallest absolute Gasteiger partial charge is 0.342 e. The third-order valence-corrected chi connectivity index (χ3v) is 5.80. The Morgan fingerprint density at radius 3 is 2.50 bits per heavy atom. The maximum absolute atomic E-state index is 12.9. The summed E-state index contributed by atoms with van der Waals surface area (Å²) in [5.41, 5.74) is 3.43. The number of phenols is 1. The van der Waals surface area contributed by atoms with Gasteiger partial charge in [0, 0.05) is 35.7 Å². The molecule has 2 amide bonds. The molecule has 3 aromatic rings. The molecule has 0 aliphatic heterocycles. The molecule has 7 heteroatoms. The first-order valence-corrected chi connectivity index (χ1v) is 11.0. The van der Waals surface area contributed by atoms with Crippen LogP contribution < -0.4 is 10.6 Å². The van der Waals surface area contributed by atoms with Crippen LogP contribution in [0, 0.1) is 5.92 Å². The molecule has 0 bridgehead atoms. The number of amides is 2. The first-order valence-electron chi connectivity index (χ1n) is 11.0. The predicted octanol–water partition coefficient (Wildman–Crippen LogP) is 4.88. The third kappa shape index (κ3) is 4.66. The molecule has 1 aliphatic rings. The van der Waals surface area contributed by atoms with Crippen molar-refractivity contribution in [3.05, 3.63) is 65.9 Å². The molecule has 166 valence electrons. The summed E-state index contributed by atoms with van der Waals surface area (Å²) in [6.07, 6.45) is 3.17. The summed E-state index contributed by atoms with van der Waals surface area (Å²) in [4.78, 5) is 24.9. The van der Waals surface area contributed by atoms with Crippen molar-refractivity contribution in [2.24, 2.45) is 5.92 Å². The van der Waals surface area contributed by atoms with E-state index in [-0.39, 0.29) is 29.5 Å². The van der Waals surface area contributed by atoms with Gasteiger partial charge in [-0.15, -0.1) is 0 Å². The van der Waals surface area contributed by atoms with Crippen molar-refractivity contribution < 1.29 is 14.7 Å². The Hall–Kier alpha value is -3.61. The number of nitrogens with zero attached hydrogens (tertiary/aromatic N) is 2. The van der Waals surface area contributed by atoms with Gasteiger partial charge in [0.15, 0.2) is 0 Å². The number of carbonyl (C=O) groups excluding carboxylic acids is 2. The molecule has 1 saturated carbocycles. The fourth-order valence-corrected chi connectivity index (χ4v) is 3.65. The number of nitrogens with one attached hydrogen (secondary N) is 2. The van der Waals surface area contributed by atoms with Gasteiger partial charge in [0.05, 0.1) is 11.4 Å². The number of hydrogen-bond acceptors (Lipinski definition) is 4. The number of anilines is 1. The van der Waals surface area contributed by atoms with Crippen LogP contribution in [0.3, 0.4) is 0 Å². The van der Waals surface area contributed by atoms with Crippen molar-refractivity contribution in [1.82, 2.24) is 15.1 Å². The summed E-state index contributed by atoms with van der Waals surface area (Å²) in [5, 5.41) is 20.8. The molecule has 32 heavy (non-hydrogen) atoms. The van der Waals surface area contributed by atoms with Gasteiger partial charge in [-0.05, 0) is 36.6 Å². The van der Waals surface area contributed by atoms with Crippen LogP contribution in [0.1, 0.15) is 50.3 Å². The highest BCUT2D eigenvalue weighted by Gasteiger charge is 2.27. The zero-order valence-electron chi connectivity index (χ0n) is 18.3. The molecule has 0 spiro atoms. The predicted molar refractivity (Wildman–Crippen MR) is 123 cm³/mol. The summed E-state index contributed by atoms with van der Waals surface area (Å²) in [7, 11) is 0. The van der Waals surface area contributed by atoms with Gasteiger partial charge in [-0.2, -0.15) is 9.78 Å². The van der Waals surface area contributed by atoms with Crippen molar-refractivity contribution >= 4 is 17.6 Å². The number of aromatic nitrogens is 2. The van der Waals surface area contributed by atoms with Crippen LogP contribution in [-0.2, 0) is 11.3 Å². The van der Waals surface area contributed by atoms with Crippen molar-refractivity contribution in [1.29, 1.82) is 0 Å². The fourth-order valence-electron chi connectivity index (χ4n) is 3.65. The van der Waals surface area contributed by atoms with Gasteiger partial charge in [0.1, 0.15) is 5.75 Å². The van der Waals surface area contributed by atoms with Gasteiger partial charge < -0.3 is 15.7 Å². The Bertz CT molecular complexity index is 1120. The van der Waals surface area contributed by atoms with E-state index in [1.807, 2.05) is 36.4 Å². The van der Waals surface area contributed by atoms with E-state index >= 15 is 0 Å². The van der Waals surface area contributed by atoms with Gasteiger partial charge in [-0.25, -0.2) is 4.79 Å². The van der Waals surface area contributed by atoms with Gasteiger partial charge in [0.2, 0.25) is 5.91 Å². The number of rotatable bonds is 6. The lowest BCUT2D eigenvalue weighted by atomic mass is 9.82. The largest absolute Gasteiger partial charge is 0.507 e. The average Bonchev–Trinajstić information content (AvgIpc) is 3.16. The monoisotopic (exact) mass is 432 g/mol. The molecule has 1 heterocycles. The molecular weight excluding hydrogens is 404 g/mol. The second-order valence-corrected chi connectivity index (χ2v) is 8.51. The van der Waals surface area contributed by atoms with Gasteiger partial charge in [-0.3, -0.25) is 4.79 Å². The maximum atomic E-state index is 12.9. The topological polar surface area (TPSA) is 96.3 Å². The molecule has 1 aliphatic carbocycles. The Balaban J connectivity index is 1.58. The minimum Gasteiger partial charge on any atom is -0.507 e. The Kier molecular flexibility index (Phi) is 6.25. The molecule has 0 atom stereocenters. The van der Waals surface area contributed by atoms with Crippen LogP contribution in [0.5, 0.6) is 5.75 Å². The highest BCUT2D eigenvalue weighted by molar-refractivity contribution is 5.92. The van der Waals surface area contributed by atoms with E-state index in [2.05, 4.69) is 15.7 Å². The molecule has 1 fully saturated rings. The van der Waals surface area contributed by atoms with E-state index in [0.717, 1.165) is 30.5 Å². The standard InChI is InChI=1S/C25H28N4O3/c1-16(2)24(31)27-19-11-12-20(23(30)13-19)21-14-22(18-9-6-10-18)29(28-21)25(32)26-15-17-7-4-3-5-8-17/h3-5,7-8,11-14,16,18,30H,6,9-10,15H2,1-2H3,(H,26,32)(H,27,31). The minimum atomic E-state index is -0.290. The Labute approximate surface area is 187 Å². The van der Waals surface area contributed by atoms with E-state index in [0.29, 0.717) is 23.5 Å². The molecule has 0 radical (unpaired) electrons. The highest BCUT2D eigenvalue weighted by Crippen LogP contribution is 2.39. The number of carbonyl (C=O) groups is 2. The molecule has 2 aromatic carbocycles. The second kappa shape index (κ2) is 9.26. The normalized spacial score (nSPS) is 13.6. The van der Waals surface area contributed by atoms with Crippen LogP contribution >= 0.6 is 0 Å². The molecule has 3 N–H and O–H groups in total. The van der Waals surface area contributed by atoms with Gasteiger partial charge in [-0.1, -0.05) is 50.6 Å². The first-order chi connectivity index (χ1) is 15.4. The van der Waals surface area contributed by atoms with Crippen LogP contribution in [0.4, 0.5) is 10.5 Å². The second-order valence-electron chi connectivity index (χ2n) is 8.51. The van der Waals surface area contributed by atoms with Gasteiger partial charge >= 0.3 is 6.03 Å². The number of benzene rings is 2. The van der Waals surface area contributed by atoms with E-state index in [1.54, 1.807) is 26.0 Å². The molecule has 0 unspecified atom stereocenters. The van der Waals surface area contributed by atoms with Crippen LogP contribution in [-0.4, -0.2) is 26.8 Å². The molecule has 1 aromatic heterocycles. The SMILES string of the molecule is CC(C)C(=O)Nc1ccc(-c2cc(C3CCC3)n(C(=O)NCc3ccccc3)n2)c(O)c1. The summed E-state index contributed by atoms with van der Waals surface area (Å²) in [5.74, 6) is 0.00210. The highest BCUT2D eigenvalue weighted by atomic mass is 16.3. The lowest BCUT2D eigenvalue weighted by Gasteiger charge is -2.25. The van der Waals surface area contributed by atoms with Crippen LogP contribution in [0.2, 0.25) is 0 Å². The van der Waals surface area contributed by atoms with Gasteiger partial charge in [0.25, 0.3) is 0 Å². The molecule has 0 saturated heterocycles. The van der Waals surface area contributed by atoms with Crippen molar-refractivity contribution in [3.8, 4) is 17.0 Å². The zero-order valence-corrected chi connectivity index (χ0v) is 18.3. The number of aromatic hydroxyl groups is 1. The maximum Gasteiger partial charge on any atom is 0.342 e. The first kappa shape index (κ1) is 21.6. The molecular formula is C25H28N4O3. The summed E-state index contributed by atoms with van der Waals surface area (Å²) in [6, 6.07) is 16.3. The Morgan fingerprint density at radius 1 is 1.12 bits per heavy atom. The minimum absolute atomic E-state index is 0.000981. The van der Waals surface area contributed by atoms with E-state index in [1.165, 1.54) is 10.7 Å². The van der Waals surface area contributed by atoms with E-state index < -0.39 is 0 Å². The van der Waals surface area contributed by atoms with Crippen molar-refractivity contribution in [2.45, 2.75) is 45.6 Å². The quantitative estimate of drug-likeness (QED) is 0.517. The van der Waals surface area contributed by atoms with E-state index in [9.17, 15) is 14.7 Å². The summed E-state index contributed by atoms with van der Waals surface area (Å²) in [6.45, 7) is 4.02. The lowest BCUT2D eigenvalue weighted by molar-refractivity contribution is -0.118. The van der Waals surface area contributed by atoms with Crippen molar-refractivity contribution in [2.75, 3.05) is 5.32 Å². The Morgan fingerprint density at radius 2 is 1.88 bits per heavy atom. The van der Waals surface area contributed by atoms with Crippen LogP contribution in [0.25, 0.3) is 11.3 Å². The third-order valence-electron chi connectivity index (χ3n) is 5.80. The fraction of sp³-hybridized carbons (Fsp3) is 0.320. The molecule has 4 rings (SSSR count). The molecule has 7 nitrogen and oxygen atoms in total.